The van der Waals surface area contributed by atoms with Crippen molar-refractivity contribution in [3.63, 3.8) is 0 Å². The van der Waals surface area contributed by atoms with Crippen molar-refractivity contribution in [1.82, 2.24) is 19.3 Å². The van der Waals surface area contributed by atoms with Crippen molar-refractivity contribution in [2.45, 2.75) is 39.2 Å². The van der Waals surface area contributed by atoms with Crippen LogP contribution in [0.25, 0.3) is 10.2 Å². The number of rotatable bonds is 5. The zero-order valence-electron chi connectivity index (χ0n) is 13.1. The number of nitrogens with zero attached hydrogens (tertiary/aromatic N) is 4. The van der Waals surface area contributed by atoms with E-state index in [0.717, 1.165) is 35.2 Å². The van der Waals surface area contributed by atoms with Gasteiger partial charge in [0.05, 0.1) is 23.4 Å². The van der Waals surface area contributed by atoms with Crippen LogP contribution >= 0.6 is 11.3 Å². The zero-order valence-corrected chi connectivity index (χ0v) is 13.9. The number of aryl methyl sites for hydroxylation is 2. The number of aromatic nitrogens is 4. The van der Waals surface area contributed by atoms with E-state index < -0.39 is 0 Å². The highest BCUT2D eigenvalue weighted by Gasteiger charge is 2.18. The summed E-state index contributed by atoms with van der Waals surface area (Å²) in [4.78, 5) is 19.4. The van der Waals surface area contributed by atoms with Gasteiger partial charge in [-0.15, -0.1) is 11.3 Å². The summed E-state index contributed by atoms with van der Waals surface area (Å²) in [7, 11) is 1.90. The maximum absolute atomic E-state index is 12.9. The Kier molecular flexibility index (Phi) is 4.11. The van der Waals surface area contributed by atoms with Crippen LogP contribution in [-0.2, 0) is 13.5 Å². The monoisotopic (exact) mass is 316 g/mol. The molecule has 0 saturated heterocycles. The second-order valence-corrected chi connectivity index (χ2v) is 6.56. The van der Waals surface area contributed by atoms with Crippen molar-refractivity contribution in [2.75, 3.05) is 0 Å². The fraction of sp³-hybridized carbons (Fsp3) is 0.438. The Labute approximate surface area is 133 Å². The Bertz CT molecular complexity index is 845. The highest BCUT2D eigenvalue weighted by Crippen LogP contribution is 2.24. The molecule has 0 aromatic carbocycles. The second kappa shape index (κ2) is 6.04. The first kappa shape index (κ1) is 15.0. The van der Waals surface area contributed by atoms with Gasteiger partial charge in [-0.05, 0) is 25.0 Å². The topological polar surface area (TPSA) is 52.7 Å². The average Bonchev–Trinajstić information content (AvgIpc) is 3.10. The largest absolute Gasteiger partial charge is 0.289 e. The van der Waals surface area contributed by atoms with Gasteiger partial charge in [0.15, 0.2) is 0 Å². The molecule has 0 aliphatic rings. The second-order valence-electron chi connectivity index (χ2n) is 5.44. The van der Waals surface area contributed by atoms with Crippen LogP contribution in [0.2, 0.25) is 0 Å². The lowest BCUT2D eigenvalue weighted by molar-refractivity contribution is 0.502. The lowest BCUT2D eigenvalue weighted by atomic mass is 10.1. The van der Waals surface area contributed by atoms with E-state index in [9.17, 15) is 4.79 Å². The molecule has 6 heteroatoms. The molecular weight excluding hydrogens is 296 g/mol. The van der Waals surface area contributed by atoms with E-state index in [2.05, 4.69) is 23.9 Å². The molecule has 1 atom stereocenters. The number of thiophene rings is 1. The van der Waals surface area contributed by atoms with Crippen molar-refractivity contribution in [3.8, 4) is 0 Å². The quantitative estimate of drug-likeness (QED) is 0.726. The van der Waals surface area contributed by atoms with Crippen molar-refractivity contribution >= 4 is 21.6 Å². The number of fused-ring (bicyclic) bond motifs is 1. The molecule has 0 aliphatic heterocycles. The van der Waals surface area contributed by atoms with Gasteiger partial charge in [0.25, 0.3) is 5.56 Å². The van der Waals surface area contributed by atoms with Crippen LogP contribution in [0.3, 0.4) is 0 Å². The first-order valence-corrected chi connectivity index (χ1v) is 8.44. The Morgan fingerprint density at radius 1 is 1.36 bits per heavy atom. The van der Waals surface area contributed by atoms with Crippen LogP contribution in [0.15, 0.2) is 29.5 Å². The predicted molar refractivity (Wildman–Crippen MR) is 89.5 cm³/mol. The molecule has 0 fully saturated rings. The Morgan fingerprint density at radius 3 is 2.82 bits per heavy atom. The normalized spacial score (nSPS) is 12.9. The smallest absolute Gasteiger partial charge is 0.262 e. The first-order chi connectivity index (χ1) is 10.7. The summed E-state index contributed by atoms with van der Waals surface area (Å²) in [6.07, 6.45) is 6.34. The zero-order chi connectivity index (χ0) is 15.7. The third kappa shape index (κ3) is 2.47. The summed E-state index contributed by atoms with van der Waals surface area (Å²) < 4.78 is 3.56. The molecule has 5 nitrogen and oxygen atoms in total. The molecule has 22 heavy (non-hydrogen) atoms. The average molecular weight is 316 g/mol. The van der Waals surface area contributed by atoms with Gasteiger partial charge >= 0.3 is 0 Å². The van der Waals surface area contributed by atoms with Crippen LogP contribution in [0.5, 0.6) is 0 Å². The van der Waals surface area contributed by atoms with E-state index in [-0.39, 0.29) is 11.6 Å². The standard InChI is InChI=1S/C16H20N4OS/c1-4-6-11-9-12-15(22-11)17-10-20(16(12)21)13(5-2)14-7-8-18-19(14)3/h7-10,13H,4-6H2,1-3H3/t13-/m1/s1. The van der Waals surface area contributed by atoms with E-state index in [1.165, 1.54) is 4.88 Å². The van der Waals surface area contributed by atoms with Crippen molar-refractivity contribution in [2.24, 2.45) is 7.05 Å². The molecule has 0 amide bonds. The van der Waals surface area contributed by atoms with Gasteiger partial charge in [-0.2, -0.15) is 5.10 Å². The van der Waals surface area contributed by atoms with E-state index in [4.69, 9.17) is 0 Å². The molecule has 3 aromatic rings. The molecule has 3 rings (SSSR count). The molecule has 0 bridgehead atoms. The maximum atomic E-state index is 12.9. The molecule has 0 saturated carbocycles. The first-order valence-electron chi connectivity index (χ1n) is 7.63. The molecule has 0 aliphatic carbocycles. The maximum Gasteiger partial charge on any atom is 0.262 e. The van der Waals surface area contributed by atoms with Crippen LogP contribution in [0.4, 0.5) is 0 Å². The summed E-state index contributed by atoms with van der Waals surface area (Å²) >= 11 is 1.62. The number of hydrogen-bond acceptors (Lipinski definition) is 4. The van der Waals surface area contributed by atoms with E-state index in [1.54, 1.807) is 28.4 Å². The fourth-order valence-corrected chi connectivity index (χ4v) is 3.92. The summed E-state index contributed by atoms with van der Waals surface area (Å²) in [6, 6.07) is 3.93. The summed E-state index contributed by atoms with van der Waals surface area (Å²) in [5, 5.41) is 4.95. The Balaban J connectivity index is 2.12. The minimum absolute atomic E-state index is 0.0357. The third-order valence-corrected chi connectivity index (χ3v) is 5.05. The van der Waals surface area contributed by atoms with Crippen LogP contribution in [0, 0.1) is 0 Å². The molecule has 3 heterocycles. The van der Waals surface area contributed by atoms with Gasteiger partial charge in [0.1, 0.15) is 4.83 Å². The van der Waals surface area contributed by atoms with Gasteiger partial charge in [0, 0.05) is 18.1 Å². The van der Waals surface area contributed by atoms with E-state index in [0.29, 0.717) is 0 Å². The van der Waals surface area contributed by atoms with Gasteiger partial charge in [-0.25, -0.2) is 4.98 Å². The van der Waals surface area contributed by atoms with Crippen LogP contribution in [0.1, 0.15) is 43.3 Å². The lowest BCUT2D eigenvalue weighted by Crippen LogP contribution is -2.26. The highest BCUT2D eigenvalue weighted by atomic mass is 32.1. The molecule has 0 radical (unpaired) electrons. The highest BCUT2D eigenvalue weighted by molar-refractivity contribution is 7.18. The lowest BCUT2D eigenvalue weighted by Gasteiger charge is -2.18. The predicted octanol–water partition coefficient (Wildman–Crippen LogP) is 3.14. The molecule has 3 aromatic heterocycles. The SMILES string of the molecule is CCCc1cc2c(=O)n([C@H](CC)c3ccnn3C)cnc2s1. The van der Waals surface area contributed by atoms with Crippen molar-refractivity contribution in [1.29, 1.82) is 0 Å². The van der Waals surface area contributed by atoms with E-state index in [1.807, 2.05) is 23.9 Å². The Morgan fingerprint density at radius 2 is 2.18 bits per heavy atom. The third-order valence-electron chi connectivity index (χ3n) is 3.95. The van der Waals surface area contributed by atoms with E-state index >= 15 is 0 Å². The van der Waals surface area contributed by atoms with Gasteiger partial charge < -0.3 is 0 Å². The molecule has 116 valence electrons. The summed E-state index contributed by atoms with van der Waals surface area (Å²) in [6.45, 7) is 4.22. The Hall–Kier alpha value is -1.95. The summed E-state index contributed by atoms with van der Waals surface area (Å²) in [5.41, 5.74) is 1.06. The minimum atomic E-state index is -0.0357. The van der Waals surface area contributed by atoms with Gasteiger partial charge in [0.2, 0.25) is 0 Å². The molecule has 0 spiro atoms. The molecule has 0 unspecified atom stereocenters. The molecular formula is C16H20N4OS. The summed E-state index contributed by atoms with van der Waals surface area (Å²) in [5.74, 6) is 0. The van der Waals surface area contributed by atoms with Crippen LogP contribution in [-0.4, -0.2) is 19.3 Å². The van der Waals surface area contributed by atoms with Crippen molar-refractivity contribution in [3.05, 3.63) is 45.6 Å². The minimum Gasteiger partial charge on any atom is -0.289 e. The molecule has 0 N–H and O–H groups in total. The fourth-order valence-electron chi connectivity index (χ4n) is 2.84. The van der Waals surface area contributed by atoms with Gasteiger partial charge in [-0.1, -0.05) is 20.3 Å². The number of hydrogen-bond donors (Lipinski definition) is 0. The van der Waals surface area contributed by atoms with Crippen molar-refractivity contribution < 1.29 is 0 Å². The van der Waals surface area contributed by atoms with Gasteiger partial charge in [-0.3, -0.25) is 14.0 Å². The van der Waals surface area contributed by atoms with Crippen LogP contribution < -0.4 is 5.56 Å².